The lowest BCUT2D eigenvalue weighted by Gasteiger charge is -2.31. The van der Waals surface area contributed by atoms with Crippen LogP contribution in [0.15, 0.2) is 4.42 Å². The van der Waals surface area contributed by atoms with Gasteiger partial charge in [0.2, 0.25) is 23.5 Å². The van der Waals surface area contributed by atoms with E-state index in [-0.39, 0.29) is 23.6 Å². The van der Waals surface area contributed by atoms with Crippen LogP contribution in [0.2, 0.25) is 0 Å². The number of rotatable bonds is 8. The summed E-state index contributed by atoms with van der Waals surface area (Å²) in [6.45, 7) is 13.3. The van der Waals surface area contributed by atoms with Gasteiger partial charge in [0, 0.05) is 12.0 Å². The fourth-order valence-electron chi connectivity index (χ4n) is 3.72. The summed E-state index contributed by atoms with van der Waals surface area (Å²) in [6, 6.07) is -2.49. The van der Waals surface area contributed by atoms with E-state index in [1.54, 1.807) is 27.7 Å². The van der Waals surface area contributed by atoms with E-state index in [1.807, 2.05) is 20.8 Å². The van der Waals surface area contributed by atoms with Crippen LogP contribution in [0.4, 0.5) is 4.79 Å². The minimum absolute atomic E-state index is 0.162. The number of nitrogens with zero attached hydrogens (tertiary/aromatic N) is 3. The Morgan fingerprint density at radius 1 is 1.03 bits per heavy atom. The molecule has 11 nitrogen and oxygen atoms in total. The van der Waals surface area contributed by atoms with Crippen molar-refractivity contribution in [2.45, 2.75) is 84.8 Å². The summed E-state index contributed by atoms with van der Waals surface area (Å²) in [5.74, 6) is -1.58. The molecule has 1 fully saturated rings. The van der Waals surface area contributed by atoms with Gasteiger partial charge in [-0.1, -0.05) is 48.5 Å². The molecule has 0 saturated carbocycles. The molecule has 1 aromatic heterocycles. The van der Waals surface area contributed by atoms with Crippen LogP contribution in [-0.4, -0.2) is 70.6 Å². The molecule has 34 heavy (non-hydrogen) atoms. The number of ether oxygens (including phenoxy) is 1. The Morgan fingerprint density at radius 2 is 1.65 bits per heavy atom. The summed E-state index contributed by atoms with van der Waals surface area (Å²) in [6.07, 6.45) is 0.368. The number of hydrogen-bond donors (Lipinski definition) is 2. The third kappa shape index (κ3) is 6.32. The molecule has 1 aliphatic rings. The maximum absolute atomic E-state index is 13.2. The van der Waals surface area contributed by atoms with Gasteiger partial charge in [0.15, 0.2) is 0 Å². The Morgan fingerprint density at radius 3 is 2.15 bits per heavy atom. The SMILES string of the molecule is COC(=O)NC(C(=O)N1CCCC1C(=O)NC(C(=O)c1nnc(C(C)(C)C)o1)C(C)C)C(C)C. The Bertz CT molecular complexity index is 904. The maximum Gasteiger partial charge on any atom is 0.407 e. The van der Waals surface area contributed by atoms with Crippen LogP contribution in [0.5, 0.6) is 0 Å². The summed E-state index contributed by atoms with van der Waals surface area (Å²) >= 11 is 0. The summed E-state index contributed by atoms with van der Waals surface area (Å²) in [7, 11) is 1.22. The lowest BCUT2D eigenvalue weighted by atomic mass is 9.97. The number of amides is 3. The smallest absolute Gasteiger partial charge is 0.407 e. The van der Waals surface area contributed by atoms with Gasteiger partial charge in [0.25, 0.3) is 5.89 Å². The van der Waals surface area contributed by atoms with Gasteiger partial charge in [-0.3, -0.25) is 14.4 Å². The number of Topliss-reactive ketones (excluding diaryl/α,β-unsaturated/α-hetero) is 1. The Balaban J connectivity index is 2.18. The van der Waals surface area contributed by atoms with E-state index in [9.17, 15) is 19.2 Å². The van der Waals surface area contributed by atoms with Crippen molar-refractivity contribution in [2.75, 3.05) is 13.7 Å². The number of carbonyl (C=O) groups is 4. The van der Waals surface area contributed by atoms with E-state index in [1.165, 1.54) is 12.0 Å². The van der Waals surface area contributed by atoms with Crippen molar-refractivity contribution in [3.05, 3.63) is 11.8 Å². The van der Waals surface area contributed by atoms with Crippen LogP contribution in [0.1, 0.15) is 77.9 Å². The molecular weight excluding hydrogens is 442 g/mol. The quantitative estimate of drug-likeness (QED) is 0.539. The van der Waals surface area contributed by atoms with Gasteiger partial charge in [-0.2, -0.15) is 0 Å². The highest BCUT2D eigenvalue weighted by atomic mass is 16.5. The third-order valence-corrected chi connectivity index (χ3v) is 5.75. The number of methoxy groups -OCH3 is 1. The number of hydrogen-bond acceptors (Lipinski definition) is 8. The van der Waals surface area contributed by atoms with Crippen molar-refractivity contribution in [3.63, 3.8) is 0 Å². The Hall–Kier alpha value is -2.98. The first-order valence-electron chi connectivity index (χ1n) is 11.6. The first-order valence-corrected chi connectivity index (χ1v) is 11.6. The molecule has 3 unspecified atom stereocenters. The first-order chi connectivity index (χ1) is 15.8. The number of likely N-dealkylation sites (tertiary alicyclic amines) is 1. The van der Waals surface area contributed by atoms with Gasteiger partial charge < -0.3 is 24.7 Å². The molecule has 0 aliphatic carbocycles. The lowest BCUT2D eigenvalue weighted by Crippen LogP contribution is -2.57. The fraction of sp³-hybridized carbons (Fsp3) is 0.739. The number of carbonyl (C=O) groups excluding carboxylic acids is 4. The summed E-state index contributed by atoms with van der Waals surface area (Å²) in [4.78, 5) is 52.7. The van der Waals surface area contributed by atoms with E-state index in [0.29, 0.717) is 25.3 Å². The molecule has 190 valence electrons. The van der Waals surface area contributed by atoms with Gasteiger partial charge in [-0.25, -0.2) is 4.79 Å². The zero-order chi connectivity index (χ0) is 25.8. The van der Waals surface area contributed by atoms with Gasteiger partial charge in [0.1, 0.15) is 12.1 Å². The normalized spacial score (nSPS) is 18.1. The molecule has 1 aromatic rings. The summed E-state index contributed by atoms with van der Waals surface area (Å²) in [5, 5.41) is 13.2. The molecule has 0 radical (unpaired) electrons. The van der Waals surface area contributed by atoms with E-state index in [2.05, 4.69) is 25.6 Å². The largest absolute Gasteiger partial charge is 0.453 e. The highest BCUT2D eigenvalue weighted by Gasteiger charge is 2.40. The molecule has 1 saturated heterocycles. The fourth-order valence-corrected chi connectivity index (χ4v) is 3.72. The van der Waals surface area contributed by atoms with Gasteiger partial charge in [-0.05, 0) is 24.7 Å². The molecule has 11 heteroatoms. The van der Waals surface area contributed by atoms with E-state index in [0.717, 1.165) is 0 Å². The molecule has 3 amide bonds. The molecule has 0 aromatic carbocycles. The van der Waals surface area contributed by atoms with Crippen LogP contribution in [-0.2, 0) is 19.7 Å². The average Bonchev–Trinajstić information content (AvgIpc) is 3.43. The van der Waals surface area contributed by atoms with Crippen molar-refractivity contribution in [1.29, 1.82) is 0 Å². The topological polar surface area (TPSA) is 144 Å². The second-order valence-electron chi connectivity index (χ2n) is 10.3. The van der Waals surface area contributed by atoms with Crippen LogP contribution >= 0.6 is 0 Å². The molecule has 3 atom stereocenters. The van der Waals surface area contributed by atoms with Crippen LogP contribution in [0.3, 0.4) is 0 Å². The van der Waals surface area contributed by atoms with Crippen molar-refractivity contribution in [3.8, 4) is 0 Å². The Labute approximate surface area is 200 Å². The lowest BCUT2D eigenvalue weighted by molar-refractivity contribution is -0.141. The minimum atomic E-state index is -0.896. The minimum Gasteiger partial charge on any atom is -0.453 e. The monoisotopic (exact) mass is 479 g/mol. The van der Waals surface area contributed by atoms with Crippen molar-refractivity contribution in [2.24, 2.45) is 11.8 Å². The van der Waals surface area contributed by atoms with Crippen LogP contribution in [0, 0.1) is 11.8 Å². The number of alkyl carbamates (subject to hydrolysis) is 1. The first kappa shape index (κ1) is 27.3. The van der Waals surface area contributed by atoms with Gasteiger partial charge in [-0.15, -0.1) is 10.2 Å². The predicted molar refractivity (Wildman–Crippen MR) is 123 cm³/mol. The van der Waals surface area contributed by atoms with E-state index in [4.69, 9.17) is 4.42 Å². The third-order valence-electron chi connectivity index (χ3n) is 5.75. The summed E-state index contributed by atoms with van der Waals surface area (Å²) in [5.41, 5.74) is -0.419. The predicted octanol–water partition coefficient (Wildman–Crippen LogP) is 2.06. The van der Waals surface area contributed by atoms with Gasteiger partial charge >= 0.3 is 6.09 Å². The highest BCUT2D eigenvalue weighted by molar-refractivity contribution is 6.00. The molecule has 2 N–H and O–H groups in total. The molecule has 2 heterocycles. The molecule has 0 bridgehead atoms. The van der Waals surface area contributed by atoms with E-state index >= 15 is 0 Å². The zero-order valence-electron chi connectivity index (χ0n) is 21.3. The molecule has 1 aliphatic heterocycles. The van der Waals surface area contributed by atoms with Crippen molar-refractivity contribution < 1.29 is 28.3 Å². The average molecular weight is 480 g/mol. The standard InChI is InChI=1S/C23H37N5O6/c1-12(2)15(17(29)19-26-27-21(34-19)23(5,6)7)24-18(30)14-10-9-11-28(14)20(31)16(13(3)4)25-22(32)33-8/h12-16H,9-11H2,1-8H3,(H,24,30)(H,25,32). The second kappa shape index (κ2) is 11.0. The number of nitrogens with one attached hydrogen (secondary N) is 2. The van der Waals surface area contributed by atoms with Crippen LogP contribution < -0.4 is 10.6 Å². The van der Waals surface area contributed by atoms with Gasteiger partial charge in [0.05, 0.1) is 13.2 Å². The van der Waals surface area contributed by atoms with Crippen molar-refractivity contribution in [1.82, 2.24) is 25.7 Å². The van der Waals surface area contributed by atoms with Crippen LogP contribution in [0.25, 0.3) is 0 Å². The maximum atomic E-state index is 13.2. The number of ketones is 1. The zero-order valence-corrected chi connectivity index (χ0v) is 21.3. The number of aromatic nitrogens is 2. The van der Waals surface area contributed by atoms with Crippen molar-refractivity contribution >= 4 is 23.7 Å². The molecule has 0 spiro atoms. The second-order valence-corrected chi connectivity index (χ2v) is 10.3. The summed E-state index contributed by atoms with van der Waals surface area (Å²) < 4.78 is 10.2. The highest BCUT2D eigenvalue weighted by Crippen LogP contribution is 2.23. The molecular formula is C23H37N5O6. The Kier molecular flexibility index (Phi) is 8.79. The van der Waals surface area contributed by atoms with E-state index < -0.39 is 41.3 Å². The molecule has 2 rings (SSSR count).